The normalized spacial score (nSPS) is 11.8. The molecule has 3 heterocycles. The van der Waals surface area contributed by atoms with Crippen molar-refractivity contribution in [1.82, 2.24) is 20.3 Å². The fourth-order valence-corrected chi connectivity index (χ4v) is 5.12. The number of thiophene rings is 1. The van der Waals surface area contributed by atoms with E-state index in [2.05, 4.69) is 55.2 Å². The van der Waals surface area contributed by atoms with Crippen LogP contribution in [0.4, 0.5) is 16.0 Å². The van der Waals surface area contributed by atoms with Gasteiger partial charge in [0.05, 0.1) is 23.7 Å². The number of carbonyl (C=O) groups is 1. The molecule has 198 valence electrons. The number of nitrogens with one attached hydrogen (secondary N) is 3. The summed E-state index contributed by atoms with van der Waals surface area (Å²) in [4.78, 5) is 28.4. The zero-order valence-corrected chi connectivity index (χ0v) is 22.1. The second-order valence-electron chi connectivity index (χ2n) is 8.94. The molecule has 0 aliphatic heterocycles. The van der Waals surface area contributed by atoms with Crippen molar-refractivity contribution in [3.63, 3.8) is 0 Å². The standard InChI is InChI=1S/C29H28FN7OS/c1-18(19-4-7-21(30)8-5-19)37-29(38)23-3-2-13-32-27(23)34-16-22-9-11-26(39-22)20-6-10-25-24(15-20)28(33-14-12-31)36-17-35-25/h2-11,13,15,17-18H,12,14,16,31H2,1H3,(H,32,34)(H,37,38)(H,33,35,36)/t18-/m0/s1. The molecule has 3 aromatic heterocycles. The molecule has 8 nitrogen and oxygen atoms in total. The number of anilines is 2. The molecule has 0 aliphatic rings. The average Bonchev–Trinajstić information content (AvgIpc) is 3.44. The SMILES string of the molecule is C[C@H](NC(=O)c1cccnc1NCc1ccc(-c2ccc3ncnc(NCCN)c3c2)s1)c1ccc(F)cc1. The largest absolute Gasteiger partial charge is 0.368 e. The third kappa shape index (κ3) is 6.19. The van der Waals surface area contributed by atoms with Crippen LogP contribution in [0.3, 0.4) is 0 Å². The molecule has 0 saturated carbocycles. The molecule has 0 fully saturated rings. The molecule has 0 saturated heterocycles. The van der Waals surface area contributed by atoms with Gasteiger partial charge in [-0.15, -0.1) is 11.3 Å². The Morgan fingerprint density at radius 3 is 2.67 bits per heavy atom. The van der Waals surface area contributed by atoms with E-state index in [1.807, 2.05) is 13.0 Å². The molecular weight excluding hydrogens is 513 g/mol. The Morgan fingerprint density at radius 2 is 1.85 bits per heavy atom. The number of aromatic nitrogens is 3. The lowest BCUT2D eigenvalue weighted by Gasteiger charge is -2.16. The Morgan fingerprint density at radius 1 is 1.00 bits per heavy atom. The third-order valence-electron chi connectivity index (χ3n) is 6.22. The van der Waals surface area contributed by atoms with Gasteiger partial charge in [-0.25, -0.2) is 19.3 Å². The van der Waals surface area contributed by atoms with Crippen molar-refractivity contribution in [2.24, 2.45) is 5.73 Å². The Bertz CT molecular complexity index is 1590. The van der Waals surface area contributed by atoms with Crippen molar-refractivity contribution in [3.05, 3.63) is 101 Å². The van der Waals surface area contributed by atoms with Gasteiger partial charge in [-0.2, -0.15) is 0 Å². The first-order valence-corrected chi connectivity index (χ1v) is 13.4. The first kappa shape index (κ1) is 26.2. The van der Waals surface area contributed by atoms with Crippen LogP contribution in [-0.2, 0) is 6.54 Å². The number of nitrogens with zero attached hydrogens (tertiary/aromatic N) is 3. The minimum absolute atomic E-state index is 0.258. The summed E-state index contributed by atoms with van der Waals surface area (Å²) in [5.74, 6) is 0.688. The highest BCUT2D eigenvalue weighted by molar-refractivity contribution is 7.15. The van der Waals surface area contributed by atoms with E-state index in [0.717, 1.165) is 37.6 Å². The van der Waals surface area contributed by atoms with Crippen LogP contribution in [0.5, 0.6) is 0 Å². The highest BCUT2D eigenvalue weighted by atomic mass is 32.1. The number of nitrogens with two attached hydrogens (primary N) is 1. The zero-order chi connectivity index (χ0) is 27.2. The summed E-state index contributed by atoms with van der Waals surface area (Å²) in [6.45, 7) is 3.51. The topological polar surface area (TPSA) is 118 Å². The summed E-state index contributed by atoms with van der Waals surface area (Å²) in [5.41, 5.74) is 8.83. The maximum Gasteiger partial charge on any atom is 0.255 e. The summed E-state index contributed by atoms with van der Waals surface area (Å²) in [6.07, 6.45) is 3.20. The molecule has 1 atom stereocenters. The van der Waals surface area contributed by atoms with E-state index in [9.17, 15) is 9.18 Å². The fourth-order valence-electron chi connectivity index (χ4n) is 4.18. The van der Waals surface area contributed by atoms with Crippen LogP contribution in [0.25, 0.3) is 21.3 Å². The van der Waals surface area contributed by atoms with Gasteiger partial charge >= 0.3 is 0 Å². The molecule has 0 bridgehead atoms. The molecular formula is C29H28FN7OS. The van der Waals surface area contributed by atoms with E-state index in [1.54, 1.807) is 48.1 Å². The number of amides is 1. The monoisotopic (exact) mass is 541 g/mol. The van der Waals surface area contributed by atoms with E-state index < -0.39 is 0 Å². The van der Waals surface area contributed by atoms with Crippen LogP contribution in [0, 0.1) is 5.82 Å². The summed E-state index contributed by atoms with van der Waals surface area (Å²) >= 11 is 1.66. The number of halogens is 1. The van der Waals surface area contributed by atoms with Crippen molar-refractivity contribution in [3.8, 4) is 10.4 Å². The van der Waals surface area contributed by atoms with Gasteiger partial charge in [0.25, 0.3) is 5.91 Å². The number of hydrogen-bond donors (Lipinski definition) is 4. The lowest BCUT2D eigenvalue weighted by Crippen LogP contribution is -2.27. The number of rotatable bonds is 10. The summed E-state index contributed by atoms with van der Waals surface area (Å²) in [7, 11) is 0. The fraction of sp³-hybridized carbons (Fsp3) is 0.172. The Labute approximate surface area is 229 Å². The minimum atomic E-state index is -0.313. The molecule has 1 amide bonds. The molecule has 2 aromatic carbocycles. The van der Waals surface area contributed by atoms with Gasteiger partial charge in [0, 0.05) is 34.4 Å². The van der Waals surface area contributed by atoms with Gasteiger partial charge < -0.3 is 21.7 Å². The van der Waals surface area contributed by atoms with Crippen molar-refractivity contribution < 1.29 is 9.18 Å². The van der Waals surface area contributed by atoms with Crippen molar-refractivity contribution in [2.75, 3.05) is 23.7 Å². The molecule has 0 spiro atoms. The van der Waals surface area contributed by atoms with Crippen LogP contribution < -0.4 is 21.7 Å². The van der Waals surface area contributed by atoms with Crippen LogP contribution in [0.15, 0.2) is 79.3 Å². The van der Waals surface area contributed by atoms with Crippen LogP contribution in [0.2, 0.25) is 0 Å². The average molecular weight is 542 g/mol. The van der Waals surface area contributed by atoms with Gasteiger partial charge in [0.1, 0.15) is 23.8 Å². The van der Waals surface area contributed by atoms with Crippen molar-refractivity contribution in [1.29, 1.82) is 0 Å². The first-order valence-electron chi connectivity index (χ1n) is 12.5. The van der Waals surface area contributed by atoms with Gasteiger partial charge in [-0.05, 0) is 66.6 Å². The van der Waals surface area contributed by atoms with Crippen LogP contribution >= 0.6 is 11.3 Å². The number of benzene rings is 2. The van der Waals surface area contributed by atoms with Crippen molar-refractivity contribution >= 4 is 39.8 Å². The molecule has 10 heteroatoms. The van der Waals surface area contributed by atoms with Gasteiger partial charge in [0.2, 0.25) is 0 Å². The Hall–Kier alpha value is -4.41. The third-order valence-corrected chi connectivity index (χ3v) is 7.35. The molecule has 5 aromatic rings. The highest BCUT2D eigenvalue weighted by Gasteiger charge is 2.16. The van der Waals surface area contributed by atoms with Gasteiger partial charge in [-0.3, -0.25) is 4.79 Å². The van der Waals surface area contributed by atoms with E-state index in [0.29, 0.717) is 31.0 Å². The Balaban J connectivity index is 1.28. The number of hydrogen-bond acceptors (Lipinski definition) is 8. The summed E-state index contributed by atoms with van der Waals surface area (Å²) < 4.78 is 13.3. The molecule has 39 heavy (non-hydrogen) atoms. The van der Waals surface area contributed by atoms with E-state index in [-0.39, 0.29) is 17.8 Å². The Kier molecular flexibility index (Phi) is 8.04. The van der Waals surface area contributed by atoms with E-state index in [4.69, 9.17) is 5.73 Å². The lowest BCUT2D eigenvalue weighted by molar-refractivity contribution is 0.0940. The van der Waals surface area contributed by atoms with Gasteiger partial charge in [-0.1, -0.05) is 18.2 Å². The molecule has 0 unspecified atom stereocenters. The van der Waals surface area contributed by atoms with Crippen LogP contribution in [-0.4, -0.2) is 33.9 Å². The second-order valence-corrected chi connectivity index (χ2v) is 10.1. The minimum Gasteiger partial charge on any atom is -0.368 e. The smallest absolute Gasteiger partial charge is 0.255 e. The quantitative estimate of drug-likeness (QED) is 0.188. The van der Waals surface area contributed by atoms with E-state index in [1.165, 1.54) is 12.1 Å². The molecule has 5 rings (SSSR count). The number of fused-ring (bicyclic) bond motifs is 1. The lowest BCUT2D eigenvalue weighted by atomic mass is 10.1. The maximum absolute atomic E-state index is 13.3. The molecule has 0 radical (unpaired) electrons. The molecule has 0 aliphatic carbocycles. The maximum atomic E-state index is 13.3. The predicted octanol–water partition coefficient (Wildman–Crippen LogP) is 5.37. The second kappa shape index (κ2) is 12.0. The van der Waals surface area contributed by atoms with Crippen molar-refractivity contribution in [2.45, 2.75) is 19.5 Å². The number of pyridine rings is 1. The van der Waals surface area contributed by atoms with Crippen LogP contribution in [0.1, 0.15) is 33.8 Å². The number of carbonyl (C=O) groups excluding carboxylic acids is 1. The molecule has 5 N–H and O–H groups in total. The predicted molar refractivity (Wildman–Crippen MR) is 154 cm³/mol. The first-order chi connectivity index (χ1) is 19.0. The highest BCUT2D eigenvalue weighted by Crippen LogP contribution is 2.32. The van der Waals surface area contributed by atoms with Gasteiger partial charge in [0.15, 0.2) is 0 Å². The summed E-state index contributed by atoms with van der Waals surface area (Å²) in [5, 5.41) is 10.5. The zero-order valence-electron chi connectivity index (χ0n) is 21.3. The summed E-state index contributed by atoms with van der Waals surface area (Å²) in [6, 6.07) is 19.5. The van der Waals surface area contributed by atoms with E-state index >= 15 is 0 Å².